The number of hydrogen-bond acceptors (Lipinski definition) is 3. The first kappa shape index (κ1) is 11.4. The first-order valence-electron chi connectivity index (χ1n) is 6.19. The van der Waals surface area contributed by atoms with E-state index in [1.807, 2.05) is 12.3 Å². The smallest absolute Gasteiger partial charge is 0.131 e. The van der Waals surface area contributed by atoms with E-state index in [9.17, 15) is 0 Å². The molecule has 0 radical (unpaired) electrons. The minimum Gasteiger partial charge on any atom is -0.356 e. The fraction of sp³-hybridized carbons (Fsp3) is 0.615. The van der Waals surface area contributed by atoms with E-state index in [0.29, 0.717) is 12.6 Å². The molecule has 3 heteroatoms. The lowest BCUT2D eigenvalue weighted by molar-refractivity contribution is 0.643. The molecule has 3 nitrogen and oxygen atoms in total. The summed E-state index contributed by atoms with van der Waals surface area (Å²) in [5.41, 5.74) is 6.91. The van der Waals surface area contributed by atoms with Crippen molar-refractivity contribution in [1.82, 2.24) is 4.98 Å². The molecule has 1 aliphatic carbocycles. The summed E-state index contributed by atoms with van der Waals surface area (Å²) in [7, 11) is 2.17. The van der Waals surface area contributed by atoms with Gasteiger partial charge in [-0.05, 0) is 37.4 Å². The standard InChI is InChI=1S/C13H21N3/c1-16(12-6-2-3-7-12)13-11(8-9-14)5-4-10-15-13/h4-5,10,12H,2-3,6-9,14H2,1H3. The largest absolute Gasteiger partial charge is 0.356 e. The first-order chi connectivity index (χ1) is 7.83. The molecule has 2 rings (SSSR count). The Hall–Kier alpha value is -1.09. The molecule has 1 aliphatic rings. The molecule has 0 aromatic carbocycles. The van der Waals surface area contributed by atoms with Crippen molar-refractivity contribution in [3.8, 4) is 0 Å². The van der Waals surface area contributed by atoms with Crippen molar-refractivity contribution in [3.05, 3.63) is 23.9 Å². The van der Waals surface area contributed by atoms with E-state index >= 15 is 0 Å². The summed E-state index contributed by atoms with van der Waals surface area (Å²) in [5, 5.41) is 0. The summed E-state index contributed by atoms with van der Waals surface area (Å²) in [5.74, 6) is 1.12. The van der Waals surface area contributed by atoms with E-state index in [1.54, 1.807) is 0 Å². The van der Waals surface area contributed by atoms with Crippen LogP contribution in [0.4, 0.5) is 5.82 Å². The van der Waals surface area contributed by atoms with E-state index < -0.39 is 0 Å². The molecule has 1 saturated carbocycles. The molecule has 1 heterocycles. The van der Waals surface area contributed by atoms with Gasteiger partial charge in [-0.3, -0.25) is 0 Å². The van der Waals surface area contributed by atoms with Gasteiger partial charge in [0.05, 0.1) is 0 Å². The van der Waals surface area contributed by atoms with Crippen molar-refractivity contribution in [1.29, 1.82) is 0 Å². The van der Waals surface area contributed by atoms with Gasteiger partial charge in [0.15, 0.2) is 0 Å². The molecule has 16 heavy (non-hydrogen) atoms. The Bertz CT molecular complexity index is 332. The van der Waals surface area contributed by atoms with Crippen LogP contribution >= 0.6 is 0 Å². The minimum absolute atomic E-state index is 0.673. The van der Waals surface area contributed by atoms with Gasteiger partial charge in [0, 0.05) is 19.3 Å². The van der Waals surface area contributed by atoms with Gasteiger partial charge in [-0.2, -0.15) is 0 Å². The van der Waals surface area contributed by atoms with Crippen LogP contribution in [-0.4, -0.2) is 24.6 Å². The van der Waals surface area contributed by atoms with Crippen LogP contribution in [0.1, 0.15) is 31.2 Å². The van der Waals surface area contributed by atoms with Crippen molar-refractivity contribution < 1.29 is 0 Å². The Morgan fingerprint density at radius 1 is 1.44 bits per heavy atom. The summed E-state index contributed by atoms with van der Waals surface area (Å²) in [6.07, 6.45) is 8.10. The van der Waals surface area contributed by atoms with Crippen LogP contribution in [0.15, 0.2) is 18.3 Å². The van der Waals surface area contributed by atoms with Crippen LogP contribution in [0.2, 0.25) is 0 Å². The van der Waals surface area contributed by atoms with Gasteiger partial charge < -0.3 is 10.6 Å². The van der Waals surface area contributed by atoms with Gasteiger partial charge in [-0.15, -0.1) is 0 Å². The number of pyridine rings is 1. The average molecular weight is 219 g/mol. The maximum absolute atomic E-state index is 5.64. The second-order valence-electron chi connectivity index (χ2n) is 4.57. The summed E-state index contributed by atoms with van der Waals surface area (Å²) in [4.78, 5) is 6.86. The zero-order valence-electron chi connectivity index (χ0n) is 10.0. The molecule has 0 aliphatic heterocycles. The molecule has 0 bridgehead atoms. The second-order valence-corrected chi connectivity index (χ2v) is 4.57. The predicted molar refractivity (Wildman–Crippen MR) is 67.7 cm³/mol. The van der Waals surface area contributed by atoms with Crippen molar-refractivity contribution in [2.75, 3.05) is 18.5 Å². The summed E-state index contributed by atoms with van der Waals surface area (Å²) >= 11 is 0. The number of hydrogen-bond donors (Lipinski definition) is 1. The summed E-state index contributed by atoms with van der Waals surface area (Å²) in [6.45, 7) is 0.692. The number of nitrogens with two attached hydrogens (primary N) is 1. The van der Waals surface area contributed by atoms with Crippen LogP contribution < -0.4 is 10.6 Å². The summed E-state index contributed by atoms with van der Waals surface area (Å²) < 4.78 is 0. The van der Waals surface area contributed by atoms with Gasteiger partial charge in [-0.25, -0.2) is 4.98 Å². The number of rotatable bonds is 4. The highest BCUT2D eigenvalue weighted by Crippen LogP contribution is 2.27. The van der Waals surface area contributed by atoms with Crippen LogP contribution in [0.3, 0.4) is 0 Å². The normalized spacial score (nSPS) is 16.6. The molecule has 2 N–H and O–H groups in total. The molecule has 0 unspecified atom stereocenters. The van der Waals surface area contributed by atoms with Crippen molar-refractivity contribution in [3.63, 3.8) is 0 Å². The Morgan fingerprint density at radius 3 is 2.88 bits per heavy atom. The molecule has 1 fully saturated rings. The fourth-order valence-corrected chi connectivity index (χ4v) is 2.56. The highest BCUT2D eigenvalue weighted by Gasteiger charge is 2.21. The monoisotopic (exact) mass is 219 g/mol. The zero-order valence-corrected chi connectivity index (χ0v) is 10.0. The predicted octanol–water partition coefficient (Wildman–Crippen LogP) is 1.96. The van der Waals surface area contributed by atoms with Crippen molar-refractivity contribution in [2.24, 2.45) is 5.73 Å². The lowest BCUT2D eigenvalue weighted by Crippen LogP contribution is -2.30. The van der Waals surface area contributed by atoms with Crippen LogP contribution in [0, 0.1) is 0 Å². The molecule has 0 saturated heterocycles. The van der Waals surface area contributed by atoms with Gasteiger partial charge in [0.1, 0.15) is 5.82 Å². The molecule has 0 spiro atoms. The Balaban J connectivity index is 2.17. The third-order valence-electron chi connectivity index (χ3n) is 3.49. The molecule has 0 atom stereocenters. The Morgan fingerprint density at radius 2 is 2.19 bits per heavy atom. The first-order valence-corrected chi connectivity index (χ1v) is 6.19. The third kappa shape index (κ3) is 2.35. The van der Waals surface area contributed by atoms with E-state index in [0.717, 1.165) is 12.2 Å². The summed E-state index contributed by atoms with van der Waals surface area (Å²) in [6, 6.07) is 4.81. The van der Waals surface area contributed by atoms with Crippen molar-refractivity contribution in [2.45, 2.75) is 38.1 Å². The molecular weight excluding hydrogens is 198 g/mol. The quantitative estimate of drug-likeness (QED) is 0.841. The molecule has 0 amide bonds. The van der Waals surface area contributed by atoms with Gasteiger partial charge in [0.25, 0.3) is 0 Å². The van der Waals surface area contributed by atoms with Crippen LogP contribution in [-0.2, 0) is 6.42 Å². The van der Waals surface area contributed by atoms with E-state index in [-0.39, 0.29) is 0 Å². The van der Waals surface area contributed by atoms with Crippen LogP contribution in [0.25, 0.3) is 0 Å². The highest BCUT2D eigenvalue weighted by atomic mass is 15.2. The van der Waals surface area contributed by atoms with Crippen LogP contribution in [0.5, 0.6) is 0 Å². The van der Waals surface area contributed by atoms with Crippen molar-refractivity contribution >= 4 is 5.82 Å². The lowest BCUT2D eigenvalue weighted by Gasteiger charge is -2.27. The Labute approximate surface area is 97.7 Å². The number of anilines is 1. The Kier molecular flexibility index (Phi) is 3.78. The van der Waals surface area contributed by atoms with E-state index in [1.165, 1.54) is 31.2 Å². The topological polar surface area (TPSA) is 42.2 Å². The molecule has 88 valence electrons. The molecule has 1 aromatic heterocycles. The minimum atomic E-state index is 0.673. The second kappa shape index (κ2) is 5.30. The average Bonchev–Trinajstić information content (AvgIpc) is 2.83. The highest BCUT2D eigenvalue weighted by molar-refractivity contribution is 5.47. The van der Waals surface area contributed by atoms with E-state index in [4.69, 9.17) is 5.73 Å². The maximum atomic E-state index is 5.64. The fourth-order valence-electron chi connectivity index (χ4n) is 2.56. The van der Waals surface area contributed by atoms with E-state index in [2.05, 4.69) is 23.0 Å². The van der Waals surface area contributed by atoms with Gasteiger partial charge in [-0.1, -0.05) is 18.9 Å². The number of nitrogens with zero attached hydrogens (tertiary/aromatic N) is 2. The third-order valence-corrected chi connectivity index (χ3v) is 3.49. The zero-order chi connectivity index (χ0) is 11.4. The molecule has 1 aromatic rings. The maximum Gasteiger partial charge on any atom is 0.131 e. The van der Waals surface area contributed by atoms with Gasteiger partial charge in [0.2, 0.25) is 0 Å². The van der Waals surface area contributed by atoms with Gasteiger partial charge >= 0.3 is 0 Å². The molecular formula is C13H21N3. The number of aromatic nitrogens is 1. The SMILES string of the molecule is CN(c1ncccc1CCN)C1CCCC1. The lowest BCUT2D eigenvalue weighted by atomic mass is 10.1.